The predicted molar refractivity (Wildman–Crippen MR) is 78.5 cm³/mol. The first-order valence-electron chi connectivity index (χ1n) is 6.31. The molecule has 0 saturated carbocycles. The molecule has 5 heteroatoms. The molecule has 1 N–H and O–H groups in total. The van der Waals surface area contributed by atoms with E-state index in [9.17, 15) is 13.2 Å². The van der Waals surface area contributed by atoms with E-state index < -0.39 is 11.9 Å². The summed E-state index contributed by atoms with van der Waals surface area (Å²) in [6.45, 7) is 1.93. The van der Waals surface area contributed by atoms with Gasteiger partial charge in [-0.3, -0.25) is 0 Å². The summed E-state index contributed by atoms with van der Waals surface area (Å²) in [5, 5.41) is 1.09. The lowest BCUT2D eigenvalue weighted by atomic mass is 10.0. The minimum Gasteiger partial charge on any atom is -0.351 e. The third-order valence-corrected chi connectivity index (χ3v) is 3.67. The molecule has 0 spiro atoms. The number of rotatable bonds is 1. The normalized spacial score (nSPS) is 12.0. The molecule has 0 radical (unpaired) electrons. The maximum atomic E-state index is 12.7. The molecule has 0 fully saturated rings. The van der Waals surface area contributed by atoms with Gasteiger partial charge in [-0.2, -0.15) is 13.2 Å². The summed E-state index contributed by atoms with van der Waals surface area (Å²) in [5.74, 6) is 0. The molecule has 0 bridgehead atoms. The number of nitrogens with one attached hydrogen (secondary N) is 1. The number of halogens is 4. The number of aromatic amines is 1. The zero-order chi connectivity index (χ0) is 15.2. The van der Waals surface area contributed by atoms with Crippen molar-refractivity contribution in [2.45, 2.75) is 13.1 Å². The van der Waals surface area contributed by atoms with E-state index in [1.165, 1.54) is 0 Å². The highest BCUT2D eigenvalue weighted by Gasteiger charge is 2.32. The number of aromatic nitrogens is 1. The van der Waals surface area contributed by atoms with Crippen molar-refractivity contribution in [3.05, 3.63) is 58.7 Å². The Kier molecular flexibility index (Phi) is 3.21. The van der Waals surface area contributed by atoms with Crippen LogP contribution in [0.2, 0.25) is 5.02 Å². The average molecular weight is 310 g/mol. The van der Waals surface area contributed by atoms with Crippen molar-refractivity contribution in [3.8, 4) is 11.1 Å². The first-order valence-corrected chi connectivity index (χ1v) is 6.69. The van der Waals surface area contributed by atoms with Gasteiger partial charge in [0.2, 0.25) is 0 Å². The van der Waals surface area contributed by atoms with E-state index in [1.54, 1.807) is 18.2 Å². The summed E-state index contributed by atoms with van der Waals surface area (Å²) in [6, 6.07) is 11.8. The molecule has 0 aliphatic heterocycles. The lowest BCUT2D eigenvalue weighted by Crippen LogP contribution is -2.04. The molecule has 3 rings (SSSR count). The molecule has 0 aliphatic rings. The van der Waals surface area contributed by atoms with Crippen LogP contribution in [0.1, 0.15) is 11.3 Å². The van der Waals surface area contributed by atoms with Crippen LogP contribution in [0.4, 0.5) is 13.2 Å². The van der Waals surface area contributed by atoms with Crippen LogP contribution in [-0.2, 0) is 6.18 Å². The number of alkyl halides is 3. The summed E-state index contributed by atoms with van der Waals surface area (Å²) in [5.41, 5.74) is 2.34. The van der Waals surface area contributed by atoms with Gasteiger partial charge in [0.25, 0.3) is 0 Å². The van der Waals surface area contributed by atoms with Crippen molar-refractivity contribution in [2.75, 3.05) is 0 Å². The van der Waals surface area contributed by atoms with Crippen molar-refractivity contribution in [1.29, 1.82) is 0 Å². The standard InChI is InChI=1S/C16H11ClF3N/c1-9-2-4-12(13(17)6-9)10-3-5-14-11(7-10)8-15(21-14)16(18,19)20/h2-8,21H,1H3. The van der Waals surface area contributed by atoms with E-state index in [2.05, 4.69) is 4.98 Å². The Morgan fingerprint density at radius 2 is 1.76 bits per heavy atom. The molecule has 108 valence electrons. The Morgan fingerprint density at radius 1 is 1.00 bits per heavy atom. The van der Waals surface area contributed by atoms with E-state index in [-0.39, 0.29) is 0 Å². The van der Waals surface area contributed by atoms with Crippen molar-refractivity contribution in [3.63, 3.8) is 0 Å². The highest BCUT2D eigenvalue weighted by Crippen LogP contribution is 2.34. The maximum absolute atomic E-state index is 12.7. The Morgan fingerprint density at radius 3 is 2.43 bits per heavy atom. The van der Waals surface area contributed by atoms with Crippen LogP contribution in [0, 0.1) is 6.92 Å². The summed E-state index contributed by atoms with van der Waals surface area (Å²) in [4.78, 5) is 2.38. The van der Waals surface area contributed by atoms with Crippen LogP contribution in [0.25, 0.3) is 22.0 Å². The SMILES string of the molecule is Cc1ccc(-c2ccc3[nH]c(C(F)(F)F)cc3c2)c(Cl)c1. The molecule has 0 unspecified atom stereocenters. The molecule has 0 amide bonds. The summed E-state index contributed by atoms with van der Waals surface area (Å²) in [7, 11) is 0. The fourth-order valence-corrected chi connectivity index (χ4v) is 2.65. The smallest absolute Gasteiger partial charge is 0.351 e. The number of H-pyrrole nitrogens is 1. The van der Waals surface area contributed by atoms with E-state index in [0.717, 1.165) is 22.8 Å². The monoisotopic (exact) mass is 309 g/mol. The minimum atomic E-state index is -4.37. The molecule has 1 aromatic heterocycles. The summed E-state index contributed by atoms with van der Waals surface area (Å²) >= 11 is 6.21. The topological polar surface area (TPSA) is 15.8 Å². The van der Waals surface area contributed by atoms with Gasteiger partial charge >= 0.3 is 6.18 Å². The lowest BCUT2D eigenvalue weighted by molar-refractivity contribution is -0.140. The minimum absolute atomic E-state index is 0.453. The number of hydrogen-bond acceptors (Lipinski definition) is 0. The average Bonchev–Trinajstić information content (AvgIpc) is 2.81. The molecule has 2 aromatic carbocycles. The van der Waals surface area contributed by atoms with Crippen LogP contribution in [0.15, 0.2) is 42.5 Å². The van der Waals surface area contributed by atoms with Gasteiger partial charge in [-0.1, -0.05) is 29.8 Å². The molecule has 0 atom stereocenters. The van der Waals surface area contributed by atoms with Gasteiger partial charge in [0.15, 0.2) is 0 Å². The lowest BCUT2D eigenvalue weighted by Gasteiger charge is -2.05. The van der Waals surface area contributed by atoms with Crippen molar-refractivity contribution in [1.82, 2.24) is 4.98 Å². The van der Waals surface area contributed by atoms with Crippen molar-refractivity contribution < 1.29 is 13.2 Å². The second-order valence-electron chi connectivity index (χ2n) is 4.97. The Balaban J connectivity index is 2.12. The highest BCUT2D eigenvalue weighted by molar-refractivity contribution is 6.33. The fourth-order valence-electron chi connectivity index (χ4n) is 2.31. The fraction of sp³-hybridized carbons (Fsp3) is 0.125. The number of hydrogen-bond donors (Lipinski definition) is 1. The third kappa shape index (κ3) is 2.63. The van der Waals surface area contributed by atoms with Crippen molar-refractivity contribution >= 4 is 22.5 Å². The molecular formula is C16H11ClF3N. The molecule has 1 heterocycles. The Labute approximate surface area is 124 Å². The maximum Gasteiger partial charge on any atom is 0.431 e. The molecular weight excluding hydrogens is 299 g/mol. The second kappa shape index (κ2) is 4.81. The predicted octanol–water partition coefficient (Wildman–Crippen LogP) is 5.82. The molecule has 0 aliphatic carbocycles. The zero-order valence-corrected chi connectivity index (χ0v) is 11.8. The largest absolute Gasteiger partial charge is 0.431 e. The second-order valence-corrected chi connectivity index (χ2v) is 5.37. The molecule has 3 aromatic rings. The van der Waals surface area contributed by atoms with Crippen LogP contribution >= 0.6 is 11.6 Å². The van der Waals surface area contributed by atoms with Crippen LogP contribution in [-0.4, -0.2) is 4.98 Å². The van der Waals surface area contributed by atoms with Crippen LogP contribution in [0.5, 0.6) is 0 Å². The van der Waals surface area contributed by atoms with E-state index >= 15 is 0 Å². The van der Waals surface area contributed by atoms with Crippen LogP contribution < -0.4 is 0 Å². The Hall–Kier alpha value is -1.94. The zero-order valence-electron chi connectivity index (χ0n) is 11.1. The number of fused-ring (bicyclic) bond motifs is 1. The quantitative estimate of drug-likeness (QED) is 0.583. The summed E-state index contributed by atoms with van der Waals surface area (Å²) in [6.07, 6.45) is -4.37. The van der Waals surface area contributed by atoms with Gasteiger partial charge in [-0.25, -0.2) is 0 Å². The number of benzene rings is 2. The van der Waals surface area contributed by atoms with Crippen molar-refractivity contribution in [2.24, 2.45) is 0 Å². The van der Waals surface area contributed by atoms with Gasteiger partial charge in [-0.05, 0) is 42.3 Å². The van der Waals surface area contributed by atoms with Crippen LogP contribution in [0.3, 0.4) is 0 Å². The van der Waals surface area contributed by atoms with Gasteiger partial charge in [0.1, 0.15) is 5.69 Å². The van der Waals surface area contributed by atoms with Gasteiger partial charge in [0, 0.05) is 21.5 Å². The molecule has 0 saturated heterocycles. The van der Waals surface area contributed by atoms with E-state index in [1.807, 2.05) is 25.1 Å². The van der Waals surface area contributed by atoms with Gasteiger partial charge in [0.05, 0.1) is 0 Å². The first kappa shape index (κ1) is 14.0. The first-order chi connectivity index (χ1) is 9.84. The van der Waals surface area contributed by atoms with Gasteiger partial charge < -0.3 is 4.98 Å². The molecule has 21 heavy (non-hydrogen) atoms. The van der Waals surface area contributed by atoms with E-state index in [4.69, 9.17) is 11.6 Å². The summed E-state index contributed by atoms with van der Waals surface area (Å²) < 4.78 is 38.1. The molecule has 1 nitrogen and oxygen atoms in total. The third-order valence-electron chi connectivity index (χ3n) is 3.36. The van der Waals surface area contributed by atoms with E-state index in [0.29, 0.717) is 15.9 Å². The highest BCUT2D eigenvalue weighted by atomic mass is 35.5. The Bertz CT molecular complexity index is 818. The van der Waals surface area contributed by atoms with Gasteiger partial charge in [-0.15, -0.1) is 0 Å². The number of aryl methyl sites for hydroxylation is 1.